The Bertz CT molecular complexity index is 542. The van der Waals surface area contributed by atoms with Gasteiger partial charge in [0, 0.05) is 25.3 Å². The topological polar surface area (TPSA) is 69.6 Å². The molecule has 1 aromatic carbocycles. The Morgan fingerprint density at radius 2 is 1.86 bits per heavy atom. The van der Waals surface area contributed by atoms with Crippen LogP contribution in [0.2, 0.25) is 0 Å². The molecule has 1 atom stereocenters. The van der Waals surface area contributed by atoms with Crippen molar-refractivity contribution in [3.63, 3.8) is 0 Å². The van der Waals surface area contributed by atoms with Crippen LogP contribution in [0.5, 0.6) is 0 Å². The molecule has 1 saturated heterocycles. The van der Waals surface area contributed by atoms with Gasteiger partial charge in [-0.2, -0.15) is 0 Å². The van der Waals surface area contributed by atoms with Crippen LogP contribution in [0.3, 0.4) is 0 Å². The van der Waals surface area contributed by atoms with E-state index in [1.807, 2.05) is 12.1 Å². The van der Waals surface area contributed by atoms with E-state index in [9.17, 15) is 13.5 Å². The average molecular weight is 333 g/mol. The highest BCUT2D eigenvalue weighted by atomic mass is 35.5. The van der Waals surface area contributed by atoms with Crippen LogP contribution in [-0.2, 0) is 15.8 Å². The zero-order valence-electron chi connectivity index (χ0n) is 11.8. The third kappa shape index (κ3) is 4.85. The summed E-state index contributed by atoms with van der Waals surface area (Å²) in [6.07, 6.45) is 1.30. The van der Waals surface area contributed by atoms with Gasteiger partial charge in [-0.15, -0.1) is 11.6 Å². The lowest BCUT2D eigenvalue weighted by molar-refractivity contribution is 0.211. The number of aliphatic hydroxyl groups is 1. The van der Waals surface area contributed by atoms with Gasteiger partial charge < -0.3 is 10.4 Å². The summed E-state index contributed by atoms with van der Waals surface area (Å²) in [5.41, 5.74) is 1.60. The number of rotatable bonds is 7. The second-order valence-electron chi connectivity index (χ2n) is 5.25. The number of hydrogen-bond acceptors (Lipinski definition) is 4. The van der Waals surface area contributed by atoms with Crippen molar-refractivity contribution in [1.82, 2.24) is 4.31 Å². The Kier molecular flexibility index (Phi) is 5.87. The minimum Gasteiger partial charge on any atom is -0.390 e. The molecule has 1 unspecified atom stereocenters. The molecule has 0 aliphatic carbocycles. The van der Waals surface area contributed by atoms with Crippen molar-refractivity contribution in [1.29, 1.82) is 0 Å². The number of anilines is 1. The van der Waals surface area contributed by atoms with Gasteiger partial charge in [0.15, 0.2) is 0 Å². The van der Waals surface area contributed by atoms with Gasteiger partial charge in [0.05, 0.1) is 17.7 Å². The maximum absolute atomic E-state index is 12.2. The Labute approximate surface area is 131 Å². The fraction of sp³-hybridized carbons (Fsp3) is 0.571. The molecule has 1 aliphatic rings. The molecule has 0 bridgehead atoms. The summed E-state index contributed by atoms with van der Waals surface area (Å²) in [6, 6.07) is 7.22. The van der Waals surface area contributed by atoms with Crippen LogP contribution in [0.4, 0.5) is 5.69 Å². The summed E-state index contributed by atoms with van der Waals surface area (Å²) < 4.78 is 26.0. The maximum Gasteiger partial charge on any atom is 0.218 e. The molecule has 1 heterocycles. The third-order valence-corrected chi connectivity index (χ3v) is 5.69. The van der Waals surface area contributed by atoms with E-state index >= 15 is 0 Å². The van der Waals surface area contributed by atoms with Crippen molar-refractivity contribution in [3.05, 3.63) is 29.8 Å². The summed E-state index contributed by atoms with van der Waals surface area (Å²) in [5.74, 6) is 0.219. The van der Waals surface area contributed by atoms with Gasteiger partial charge in [-0.3, -0.25) is 0 Å². The standard InChI is InChI=1S/C14H21ClN2O3S/c15-9-14(18)10-16-13-5-3-12(4-6-13)11-21(19,20)17-7-1-2-8-17/h3-6,14,16,18H,1-2,7-11H2. The van der Waals surface area contributed by atoms with Crippen LogP contribution in [0.1, 0.15) is 18.4 Å². The van der Waals surface area contributed by atoms with E-state index in [4.69, 9.17) is 11.6 Å². The van der Waals surface area contributed by atoms with Crippen LogP contribution in [0.25, 0.3) is 0 Å². The van der Waals surface area contributed by atoms with Crippen molar-refractivity contribution in [3.8, 4) is 0 Å². The lowest BCUT2D eigenvalue weighted by Gasteiger charge is -2.15. The molecule has 0 spiro atoms. The van der Waals surface area contributed by atoms with Gasteiger partial charge in [0.1, 0.15) is 0 Å². The second-order valence-corrected chi connectivity index (χ2v) is 7.53. The Balaban J connectivity index is 1.92. The number of halogens is 1. The van der Waals surface area contributed by atoms with Crippen LogP contribution < -0.4 is 5.32 Å². The van der Waals surface area contributed by atoms with Crippen molar-refractivity contribution < 1.29 is 13.5 Å². The summed E-state index contributed by atoms with van der Waals surface area (Å²) >= 11 is 5.52. The minimum atomic E-state index is -3.20. The molecule has 7 heteroatoms. The second kappa shape index (κ2) is 7.45. The third-order valence-electron chi connectivity index (χ3n) is 3.48. The van der Waals surface area contributed by atoms with Gasteiger partial charge in [-0.25, -0.2) is 12.7 Å². The van der Waals surface area contributed by atoms with Crippen molar-refractivity contribution in [2.45, 2.75) is 24.7 Å². The van der Waals surface area contributed by atoms with Gasteiger partial charge in [0.2, 0.25) is 10.0 Å². The number of nitrogens with zero attached hydrogens (tertiary/aromatic N) is 1. The van der Waals surface area contributed by atoms with Gasteiger partial charge in [-0.1, -0.05) is 12.1 Å². The van der Waals surface area contributed by atoms with Crippen molar-refractivity contribution in [2.24, 2.45) is 0 Å². The van der Waals surface area contributed by atoms with E-state index in [1.54, 1.807) is 16.4 Å². The van der Waals surface area contributed by atoms with E-state index in [0.29, 0.717) is 19.6 Å². The maximum atomic E-state index is 12.2. The Hall–Kier alpha value is -0.820. The van der Waals surface area contributed by atoms with Crippen molar-refractivity contribution in [2.75, 3.05) is 30.8 Å². The molecule has 0 radical (unpaired) electrons. The zero-order chi connectivity index (χ0) is 15.3. The fourth-order valence-electron chi connectivity index (χ4n) is 2.28. The zero-order valence-corrected chi connectivity index (χ0v) is 13.4. The molecule has 118 valence electrons. The molecule has 2 rings (SSSR count). The Morgan fingerprint density at radius 3 is 2.43 bits per heavy atom. The number of alkyl halides is 1. The average Bonchev–Trinajstić information content (AvgIpc) is 3.01. The predicted octanol–water partition coefficient (Wildman–Crippen LogP) is 1.62. The first kappa shape index (κ1) is 16.5. The van der Waals surface area contributed by atoms with Gasteiger partial charge >= 0.3 is 0 Å². The molecule has 1 aromatic rings. The molecule has 0 saturated carbocycles. The van der Waals surface area contributed by atoms with Crippen LogP contribution in [0, 0.1) is 0 Å². The van der Waals surface area contributed by atoms with Crippen molar-refractivity contribution >= 4 is 27.3 Å². The van der Waals surface area contributed by atoms with Crippen LogP contribution in [0.15, 0.2) is 24.3 Å². The number of aliphatic hydroxyl groups excluding tert-OH is 1. The monoisotopic (exact) mass is 332 g/mol. The number of hydrogen-bond donors (Lipinski definition) is 2. The molecular weight excluding hydrogens is 312 g/mol. The first-order valence-electron chi connectivity index (χ1n) is 7.06. The molecule has 1 aliphatic heterocycles. The van der Waals surface area contributed by atoms with Crippen LogP contribution >= 0.6 is 11.6 Å². The summed E-state index contributed by atoms with van der Waals surface area (Å²) in [7, 11) is -3.20. The first-order valence-corrected chi connectivity index (χ1v) is 9.20. The number of nitrogens with one attached hydrogen (secondary N) is 1. The van der Waals surface area contributed by atoms with Gasteiger partial charge in [-0.05, 0) is 30.5 Å². The smallest absolute Gasteiger partial charge is 0.218 e. The highest BCUT2D eigenvalue weighted by Gasteiger charge is 2.25. The SMILES string of the molecule is O=S(=O)(Cc1ccc(NCC(O)CCl)cc1)N1CCCC1. The van der Waals surface area contributed by atoms with E-state index in [2.05, 4.69) is 5.32 Å². The summed E-state index contributed by atoms with van der Waals surface area (Å²) in [6.45, 7) is 1.64. The molecule has 2 N–H and O–H groups in total. The quantitative estimate of drug-likeness (QED) is 0.744. The largest absolute Gasteiger partial charge is 0.390 e. The lowest BCUT2D eigenvalue weighted by Crippen LogP contribution is -2.29. The predicted molar refractivity (Wildman–Crippen MR) is 85.1 cm³/mol. The van der Waals surface area contributed by atoms with Gasteiger partial charge in [0.25, 0.3) is 0 Å². The molecule has 0 amide bonds. The van der Waals surface area contributed by atoms with E-state index in [-0.39, 0.29) is 11.6 Å². The lowest BCUT2D eigenvalue weighted by atomic mass is 10.2. The highest BCUT2D eigenvalue weighted by Crippen LogP contribution is 2.18. The molecule has 5 nitrogen and oxygen atoms in total. The number of sulfonamides is 1. The Morgan fingerprint density at radius 1 is 1.24 bits per heavy atom. The number of benzene rings is 1. The fourth-order valence-corrected chi connectivity index (χ4v) is 4.00. The summed E-state index contributed by atoms with van der Waals surface area (Å²) in [4.78, 5) is 0. The van der Waals surface area contributed by atoms with Crippen LogP contribution in [-0.4, -0.2) is 49.4 Å². The molecule has 1 fully saturated rings. The highest BCUT2D eigenvalue weighted by molar-refractivity contribution is 7.88. The molecular formula is C14H21ClN2O3S. The minimum absolute atomic E-state index is 0.0393. The van der Waals surface area contributed by atoms with E-state index < -0.39 is 16.1 Å². The van der Waals surface area contributed by atoms with E-state index in [1.165, 1.54) is 0 Å². The normalized spacial score (nSPS) is 17.8. The first-order chi connectivity index (χ1) is 10.0. The summed E-state index contributed by atoms with van der Waals surface area (Å²) in [5, 5.41) is 12.4. The molecule has 0 aromatic heterocycles. The van der Waals surface area contributed by atoms with E-state index in [0.717, 1.165) is 24.1 Å². The molecule has 21 heavy (non-hydrogen) atoms.